The second-order valence-electron chi connectivity index (χ2n) is 5.23. The molecule has 8 heteroatoms. The maximum atomic E-state index is 12.1. The van der Waals surface area contributed by atoms with Gasteiger partial charge in [-0.1, -0.05) is 18.5 Å². The van der Waals surface area contributed by atoms with Crippen LogP contribution in [-0.2, 0) is 13.0 Å². The van der Waals surface area contributed by atoms with Gasteiger partial charge in [0, 0.05) is 25.7 Å². The van der Waals surface area contributed by atoms with Crippen LogP contribution in [0, 0.1) is 0 Å². The fourth-order valence-corrected chi connectivity index (χ4v) is 2.20. The molecule has 0 aliphatic rings. The molecule has 1 amide bonds. The number of nitrogens with one attached hydrogen (secondary N) is 1. The maximum absolute atomic E-state index is 12.1. The van der Waals surface area contributed by atoms with Crippen molar-refractivity contribution in [3.8, 4) is 5.88 Å². The lowest BCUT2D eigenvalue weighted by atomic mass is 10.2. The SMILES string of the molecule is CCc1nncn1CCNC(=O)c1cnc(OC(C)C)c(Cl)c1. The Morgan fingerprint density at radius 2 is 2.26 bits per heavy atom. The van der Waals surface area contributed by atoms with Crippen molar-refractivity contribution in [1.29, 1.82) is 0 Å². The Morgan fingerprint density at radius 1 is 1.48 bits per heavy atom. The maximum Gasteiger partial charge on any atom is 0.252 e. The van der Waals surface area contributed by atoms with E-state index in [4.69, 9.17) is 16.3 Å². The van der Waals surface area contributed by atoms with Gasteiger partial charge in [0.2, 0.25) is 5.88 Å². The summed E-state index contributed by atoms with van der Waals surface area (Å²) in [6.45, 7) is 6.85. The molecule has 2 aromatic heterocycles. The van der Waals surface area contributed by atoms with Gasteiger partial charge in [-0.15, -0.1) is 10.2 Å². The van der Waals surface area contributed by atoms with Gasteiger partial charge in [-0.2, -0.15) is 0 Å². The highest BCUT2D eigenvalue weighted by molar-refractivity contribution is 6.32. The van der Waals surface area contributed by atoms with Gasteiger partial charge in [-0.25, -0.2) is 4.98 Å². The fourth-order valence-electron chi connectivity index (χ4n) is 1.99. The average molecular weight is 338 g/mol. The van der Waals surface area contributed by atoms with E-state index in [9.17, 15) is 4.79 Å². The van der Waals surface area contributed by atoms with Crippen molar-refractivity contribution in [2.24, 2.45) is 0 Å². The third kappa shape index (κ3) is 4.66. The van der Waals surface area contributed by atoms with Crippen molar-refractivity contribution in [2.45, 2.75) is 39.8 Å². The molecule has 1 N–H and O–H groups in total. The van der Waals surface area contributed by atoms with Crippen LogP contribution >= 0.6 is 11.6 Å². The van der Waals surface area contributed by atoms with Crippen molar-refractivity contribution in [3.63, 3.8) is 0 Å². The molecule has 0 aliphatic carbocycles. The number of amides is 1. The molecule has 0 unspecified atom stereocenters. The molecule has 0 aromatic carbocycles. The summed E-state index contributed by atoms with van der Waals surface area (Å²) in [6, 6.07) is 1.55. The molecular weight excluding hydrogens is 318 g/mol. The van der Waals surface area contributed by atoms with Crippen molar-refractivity contribution in [3.05, 3.63) is 35.0 Å². The molecule has 7 nitrogen and oxygen atoms in total. The van der Waals surface area contributed by atoms with Crippen LogP contribution in [0.25, 0.3) is 0 Å². The first-order chi connectivity index (χ1) is 11.0. The Bertz CT molecular complexity index is 672. The van der Waals surface area contributed by atoms with E-state index in [0.717, 1.165) is 12.2 Å². The number of hydrogen-bond acceptors (Lipinski definition) is 5. The first kappa shape index (κ1) is 17.2. The predicted octanol–water partition coefficient (Wildman–Crippen LogP) is 2.11. The largest absolute Gasteiger partial charge is 0.474 e. The third-order valence-electron chi connectivity index (χ3n) is 3.07. The van der Waals surface area contributed by atoms with Gasteiger partial charge in [0.15, 0.2) is 0 Å². The number of aromatic nitrogens is 4. The molecule has 0 aliphatic heterocycles. The minimum absolute atomic E-state index is 0.0313. The van der Waals surface area contributed by atoms with E-state index in [1.807, 2.05) is 25.3 Å². The van der Waals surface area contributed by atoms with Crippen LogP contribution in [0.4, 0.5) is 0 Å². The molecule has 2 heterocycles. The molecule has 0 radical (unpaired) electrons. The van der Waals surface area contributed by atoms with Gasteiger partial charge in [-0.3, -0.25) is 4.79 Å². The molecule has 0 bridgehead atoms. The predicted molar refractivity (Wildman–Crippen MR) is 86.7 cm³/mol. The van der Waals surface area contributed by atoms with Crippen LogP contribution in [-0.4, -0.2) is 38.3 Å². The van der Waals surface area contributed by atoms with Gasteiger partial charge < -0.3 is 14.6 Å². The summed E-state index contributed by atoms with van der Waals surface area (Å²) >= 11 is 6.08. The summed E-state index contributed by atoms with van der Waals surface area (Å²) in [6.07, 6.45) is 3.87. The molecule has 0 atom stereocenters. The molecule has 0 fully saturated rings. The lowest BCUT2D eigenvalue weighted by Gasteiger charge is -2.11. The van der Waals surface area contributed by atoms with Gasteiger partial charge in [0.05, 0.1) is 11.7 Å². The summed E-state index contributed by atoms with van der Waals surface area (Å²) in [7, 11) is 0. The average Bonchev–Trinajstić information content (AvgIpc) is 2.96. The van der Waals surface area contributed by atoms with Crippen molar-refractivity contribution in [2.75, 3.05) is 6.54 Å². The standard InChI is InChI=1S/C15H20ClN5O2/c1-4-13-20-19-9-21(13)6-5-17-14(22)11-7-12(16)15(18-8-11)23-10(2)3/h7-10H,4-6H2,1-3H3,(H,17,22). The molecule has 124 valence electrons. The van der Waals surface area contributed by atoms with Crippen LogP contribution in [0.5, 0.6) is 5.88 Å². The number of ether oxygens (including phenoxy) is 1. The van der Waals surface area contributed by atoms with Crippen LogP contribution < -0.4 is 10.1 Å². The number of nitrogens with zero attached hydrogens (tertiary/aromatic N) is 4. The smallest absolute Gasteiger partial charge is 0.252 e. The monoisotopic (exact) mass is 337 g/mol. The quantitative estimate of drug-likeness (QED) is 0.836. The summed E-state index contributed by atoms with van der Waals surface area (Å²) in [5.41, 5.74) is 0.394. The lowest BCUT2D eigenvalue weighted by molar-refractivity contribution is 0.0951. The van der Waals surface area contributed by atoms with Crippen LogP contribution in [0.3, 0.4) is 0 Å². The summed E-state index contributed by atoms with van der Waals surface area (Å²) < 4.78 is 7.35. The van der Waals surface area contributed by atoms with E-state index in [-0.39, 0.29) is 12.0 Å². The zero-order valence-corrected chi connectivity index (χ0v) is 14.2. The Morgan fingerprint density at radius 3 is 2.91 bits per heavy atom. The highest BCUT2D eigenvalue weighted by atomic mass is 35.5. The van der Waals surface area contributed by atoms with E-state index in [2.05, 4.69) is 20.5 Å². The van der Waals surface area contributed by atoms with E-state index >= 15 is 0 Å². The lowest BCUT2D eigenvalue weighted by Crippen LogP contribution is -2.27. The van der Waals surface area contributed by atoms with Gasteiger partial charge >= 0.3 is 0 Å². The number of aryl methyl sites for hydroxylation is 1. The van der Waals surface area contributed by atoms with Crippen LogP contribution in [0.2, 0.25) is 5.02 Å². The zero-order valence-electron chi connectivity index (χ0n) is 13.4. The van der Waals surface area contributed by atoms with E-state index in [0.29, 0.717) is 29.6 Å². The Labute approximate surface area is 140 Å². The topological polar surface area (TPSA) is 81.9 Å². The molecular formula is C15H20ClN5O2. The minimum Gasteiger partial charge on any atom is -0.474 e. The summed E-state index contributed by atoms with van der Waals surface area (Å²) in [4.78, 5) is 16.2. The second kappa shape index (κ2) is 7.92. The third-order valence-corrected chi connectivity index (χ3v) is 3.34. The highest BCUT2D eigenvalue weighted by Gasteiger charge is 2.12. The van der Waals surface area contributed by atoms with Crippen molar-refractivity contribution < 1.29 is 9.53 Å². The summed E-state index contributed by atoms with van der Waals surface area (Å²) in [5, 5.41) is 11.0. The molecule has 0 spiro atoms. The van der Waals surface area contributed by atoms with E-state index in [1.54, 1.807) is 12.4 Å². The minimum atomic E-state index is -0.235. The van der Waals surface area contributed by atoms with Gasteiger partial charge in [-0.05, 0) is 19.9 Å². The number of rotatable bonds is 7. The normalized spacial score (nSPS) is 10.8. The Hall–Kier alpha value is -2.15. The first-order valence-corrected chi connectivity index (χ1v) is 7.86. The number of hydrogen-bond donors (Lipinski definition) is 1. The van der Waals surface area contributed by atoms with Crippen LogP contribution in [0.1, 0.15) is 37.0 Å². The second-order valence-corrected chi connectivity index (χ2v) is 5.63. The fraction of sp³-hybridized carbons (Fsp3) is 0.467. The molecule has 23 heavy (non-hydrogen) atoms. The van der Waals surface area contributed by atoms with Gasteiger partial charge in [0.25, 0.3) is 5.91 Å². The van der Waals surface area contributed by atoms with Crippen LogP contribution in [0.15, 0.2) is 18.6 Å². The number of carbonyl (C=O) groups excluding carboxylic acids is 1. The van der Waals surface area contributed by atoms with Crippen molar-refractivity contribution in [1.82, 2.24) is 25.1 Å². The highest BCUT2D eigenvalue weighted by Crippen LogP contribution is 2.23. The molecule has 0 saturated carbocycles. The Kier molecular flexibility index (Phi) is 5.92. The molecule has 2 rings (SSSR count). The van der Waals surface area contributed by atoms with Crippen molar-refractivity contribution >= 4 is 17.5 Å². The number of carbonyl (C=O) groups is 1. The molecule has 0 saturated heterocycles. The molecule has 2 aromatic rings. The summed E-state index contributed by atoms with van der Waals surface area (Å²) in [5.74, 6) is 0.982. The van der Waals surface area contributed by atoms with Gasteiger partial charge in [0.1, 0.15) is 17.2 Å². The number of pyridine rings is 1. The zero-order chi connectivity index (χ0) is 16.8. The first-order valence-electron chi connectivity index (χ1n) is 7.48. The Balaban J connectivity index is 1.92. The number of halogens is 1. The van der Waals surface area contributed by atoms with E-state index in [1.165, 1.54) is 6.20 Å². The van der Waals surface area contributed by atoms with E-state index < -0.39 is 0 Å².